The van der Waals surface area contributed by atoms with Crippen molar-refractivity contribution in [3.05, 3.63) is 64.7 Å². The van der Waals surface area contributed by atoms with Crippen molar-refractivity contribution in [1.82, 2.24) is 0 Å². The summed E-state index contributed by atoms with van der Waals surface area (Å²) in [4.78, 5) is 26.0. The number of rotatable bonds is 6. The zero-order valence-electron chi connectivity index (χ0n) is 15.9. The molecule has 0 N–H and O–H groups in total. The highest BCUT2D eigenvalue weighted by atomic mass is 19.4. The van der Waals surface area contributed by atoms with Crippen molar-refractivity contribution in [2.45, 2.75) is 26.4 Å². The molecule has 5 nitrogen and oxygen atoms in total. The third-order valence-electron chi connectivity index (χ3n) is 4.04. The molecule has 8 heteroatoms. The number of halogens is 3. The predicted octanol–water partition coefficient (Wildman–Crippen LogP) is 4.43. The Kier molecular flexibility index (Phi) is 6.99. The summed E-state index contributed by atoms with van der Waals surface area (Å²) in [6.07, 6.45) is -4.42. The molecule has 0 saturated carbocycles. The number of carbonyl (C=O) groups is 2. The minimum Gasteiger partial charge on any atom is -0.452 e. The van der Waals surface area contributed by atoms with Crippen LogP contribution in [-0.2, 0) is 15.7 Å². The lowest BCUT2D eigenvalue weighted by Gasteiger charge is -2.22. The van der Waals surface area contributed by atoms with E-state index in [-0.39, 0.29) is 18.5 Å². The van der Waals surface area contributed by atoms with Crippen LogP contribution < -0.4 is 4.90 Å². The van der Waals surface area contributed by atoms with E-state index in [9.17, 15) is 22.8 Å². The summed E-state index contributed by atoms with van der Waals surface area (Å²) in [6, 6.07) is 11.0. The van der Waals surface area contributed by atoms with Gasteiger partial charge in [0.25, 0.3) is 5.91 Å². The molecule has 0 atom stereocenters. The Labute approximate surface area is 166 Å². The number of benzene rings is 2. The molecular weight excluding hydrogens is 385 g/mol. The fourth-order valence-electron chi connectivity index (χ4n) is 2.75. The van der Waals surface area contributed by atoms with Crippen molar-refractivity contribution >= 4 is 17.6 Å². The number of amides is 1. The zero-order chi connectivity index (χ0) is 21.6. The molecule has 0 heterocycles. The molecule has 0 aliphatic carbocycles. The number of carbonyl (C=O) groups excluding carboxylic acids is 2. The summed E-state index contributed by atoms with van der Waals surface area (Å²) in [6.45, 7) is 3.26. The van der Waals surface area contributed by atoms with Crippen molar-refractivity contribution in [2.24, 2.45) is 0 Å². The minimum atomic E-state index is -4.51. The standard InChI is InChI=1S/C21H19F3N2O3/c1-14-10-15(2)12-18(11-14)26(9-3-8-25)19(27)13-29-20(28)16-4-6-17(7-5-16)21(22,23)24/h4-7,10-12H,3,9,13H2,1-2H3. The molecule has 2 aromatic carbocycles. The lowest BCUT2D eigenvalue weighted by Crippen LogP contribution is -2.35. The number of alkyl halides is 3. The van der Waals surface area contributed by atoms with E-state index in [2.05, 4.69) is 0 Å². The molecule has 0 aromatic heterocycles. The molecule has 152 valence electrons. The van der Waals surface area contributed by atoms with E-state index in [0.29, 0.717) is 5.69 Å². The normalized spacial score (nSPS) is 10.9. The number of aryl methyl sites for hydroxylation is 2. The van der Waals surface area contributed by atoms with Crippen LogP contribution in [0.3, 0.4) is 0 Å². The Morgan fingerprint density at radius 1 is 1.07 bits per heavy atom. The lowest BCUT2D eigenvalue weighted by atomic mass is 10.1. The fourth-order valence-corrected chi connectivity index (χ4v) is 2.75. The van der Waals surface area contributed by atoms with E-state index in [1.165, 1.54) is 4.90 Å². The molecule has 0 bridgehead atoms. The Balaban J connectivity index is 2.09. The van der Waals surface area contributed by atoms with Crippen molar-refractivity contribution in [3.63, 3.8) is 0 Å². The van der Waals surface area contributed by atoms with Crippen molar-refractivity contribution < 1.29 is 27.5 Å². The van der Waals surface area contributed by atoms with E-state index in [0.717, 1.165) is 35.4 Å². The van der Waals surface area contributed by atoms with Gasteiger partial charge in [0.2, 0.25) is 0 Å². The van der Waals surface area contributed by atoms with Crippen molar-refractivity contribution in [1.29, 1.82) is 5.26 Å². The monoisotopic (exact) mass is 404 g/mol. The first kappa shape index (κ1) is 22.0. The first-order valence-electron chi connectivity index (χ1n) is 8.72. The van der Waals surface area contributed by atoms with Crippen LogP contribution in [0.2, 0.25) is 0 Å². The largest absolute Gasteiger partial charge is 0.452 e. The molecule has 0 saturated heterocycles. The van der Waals surface area contributed by atoms with Gasteiger partial charge in [-0.25, -0.2) is 4.79 Å². The van der Waals surface area contributed by atoms with Crippen LogP contribution in [0.25, 0.3) is 0 Å². The Hall–Kier alpha value is -3.34. The van der Waals surface area contributed by atoms with Crippen LogP contribution in [-0.4, -0.2) is 25.0 Å². The molecule has 0 fully saturated rings. The number of hydrogen-bond acceptors (Lipinski definition) is 4. The Morgan fingerprint density at radius 2 is 1.66 bits per heavy atom. The summed E-state index contributed by atoms with van der Waals surface area (Å²) in [5, 5.41) is 8.85. The average Bonchev–Trinajstić information content (AvgIpc) is 2.65. The maximum absolute atomic E-state index is 12.6. The molecule has 0 aliphatic rings. The van der Waals surface area contributed by atoms with Crippen molar-refractivity contribution in [3.8, 4) is 6.07 Å². The quantitative estimate of drug-likeness (QED) is 0.668. The third kappa shape index (κ3) is 6.07. The number of nitrogens with zero attached hydrogens (tertiary/aromatic N) is 2. The van der Waals surface area contributed by atoms with Gasteiger partial charge in [-0.2, -0.15) is 18.4 Å². The predicted molar refractivity (Wildman–Crippen MR) is 100 cm³/mol. The second-order valence-corrected chi connectivity index (χ2v) is 6.45. The second-order valence-electron chi connectivity index (χ2n) is 6.45. The first-order valence-corrected chi connectivity index (χ1v) is 8.72. The molecule has 0 radical (unpaired) electrons. The number of esters is 1. The van der Waals surface area contributed by atoms with Crippen LogP contribution in [0.5, 0.6) is 0 Å². The van der Waals surface area contributed by atoms with E-state index in [1.807, 2.05) is 26.0 Å². The zero-order valence-corrected chi connectivity index (χ0v) is 15.9. The van der Waals surface area contributed by atoms with Gasteiger partial charge in [0.15, 0.2) is 6.61 Å². The summed E-state index contributed by atoms with van der Waals surface area (Å²) < 4.78 is 42.7. The highest BCUT2D eigenvalue weighted by molar-refractivity contribution is 5.97. The number of hydrogen-bond donors (Lipinski definition) is 0. The van der Waals surface area contributed by atoms with Crippen LogP contribution in [0.4, 0.5) is 18.9 Å². The van der Waals surface area contributed by atoms with Crippen LogP contribution in [0.1, 0.15) is 33.5 Å². The lowest BCUT2D eigenvalue weighted by molar-refractivity contribution is -0.137. The van der Waals surface area contributed by atoms with Gasteiger partial charge in [-0.05, 0) is 61.4 Å². The smallest absolute Gasteiger partial charge is 0.416 e. The van der Waals surface area contributed by atoms with Gasteiger partial charge in [0.1, 0.15) is 0 Å². The third-order valence-corrected chi connectivity index (χ3v) is 4.04. The summed E-state index contributed by atoms with van der Waals surface area (Å²) in [5.41, 5.74) is 1.45. The van der Waals surface area contributed by atoms with Gasteiger partial charge in [0, 0.05) is 12.2 Å². The summed E-state index contributed by atoms with van der Waals surface area (Å²) in [5.74, 6) is -1.45. The van der Waals surface area contributed by atoms with Gasteiger partial charge < -0.3 is 9.64 Å². The van der Waals surface area contributed by atoms with Crippen molar-refractivity contribution in [2.75, 3.05) is 18.1 Å². The molecule has 0 spiro atoms. The van der Waals surface area contributed by atoms with E-state index in [1.54, 1.807) is 12.1 Å². The van der Waals surface area contributed by atoms with Gasteiger partial charge in [0.05, 0.1) is 23.6 Å². The maximum Gasteiger partial charge on any atom is 0.416 e. The van der Waals surface area contributed by atoms with Gasteiger partial charge >= 0.3 is 12.1 Å². The van der Waals surface area contributed by atoms with E-state index >= 15 is 0 Å². The highest BCUT2D eigenvalue weighted by Crippen LogP contribution is 2.29. The summed E-state index contributed by atoms with van der Waals surface area (Å²) >= 11 is 0. The molecular formula is C21H19F3N2O3. The highest BCUT2D eigenvalue weighted by Gasteiger charge is 2.30. The first-order chi connectivity index (χ1) is 13.6. The Bertz CT molecular complexity index is 911. The van der Waals surface area contributed by atoms with Crippen LogP contribution in [0.15, 0.2) is 42.5 Å². The summed E-state index contributed by atoms with van der Waals surface area (Å²) in [7, 11) is 0. The van der Waals surface area contributed by atoms with Gasteiger partial charge in [-0.1, -0.05) is 6.07 Å². The van der Waals surface area contributed by atoms with Crippen LogP contribution >= 0.6 is 0 Å². The Morgan fingerprint density at radius 3 is 2.17 bits per heavy atom. The molecule has 2 rings (SSSR count). The second kappa shape index (κ2) is 9.24. The van der Waals surface area contributed by atoms with E-state index < -0.39 is 30.2 Å². The number of ether oxygens (including phenoxy) is 1. The fraction of sp³-hybridized carbons (Fsp3) is 0.286. The maximum atomic E-state index is 12.6. The topological polar surface area (TPSA) is 70.4 Å². The van der Waals surface area contributed by atoms with Gasteiger partial charge in [-0.3, -0.25) is 4.79 Å². The minimum absolute atomic E-state index is 0.0889. The SMILES string of the molecule is Cc1cc(C)cc(N(CCC#N)C(=O)COC(=O)c2ccc(C(F)(F)F)cc2)c1. The molecule has 0 unspecified atom stereocenters. The molecule has 0 aliphatic heterocycles. The number of anilines is 1. The number of nitriles is 1. The van der Waals surface area contributed by atoms with E-state index in [4.69, 9.17) is 10.00 Å². The molecule has 2 aromatic rings. The molecule has 29 heavy (non-hydrogen) atoms. The van der Waals surface area contributed by atoms with Gasteiger partial charge in [-0.15, -0.1) is 0 Å². The molecule has 1 amide bonds. The average molecular weight is 404 g/mol. The van der Waals surface area contributed by atoms with Crippen LogP contribution in [0, 0.1) is 25.2 Å².